The maximum Gasteiger partial charge on any atom is 0.234 e. The fraction of sp³-hybridized carbons (Fsp3) is 0.348. The summed E-state index contributed by atoms with van der Waals surface area (Å²) in [5.74, 6) is 2.20. The second-order valence-electron chi connectivity index (χ2n) is 7.33. The van der Waals surface area contributed by atoms with Crippen LogP contribution < -0.4 is 10.1 Å². The third-order valence-corrected chi connectivity index (χ3v) is 5.61. The van der Waals surface area contributed by atoms with Crippen molar-refractivity contribution < 1.29 is 9.53 Å². The highest BCUT2D eigenvalue weighted by Gasteiger charge is 2.15. The zero-order chi connectivity index (χ0) is 21.5. The van der Waals surface area contributed by atoms with Crippen LogP contribution in [-0.2, 0) is 17.9 Å². The highest BCUT2D eigenvalue weighted by atomic mass is 32.2. The Balaban J connectivity index is 1.63. The van der Waals surface area contributed by atoms with Crippen molar-refractivity contribution in [1.82, 2.24) is 14.8 Å². The highest BCUT2D eigenvalue weighted by Crippen LogP contribution is 2.28. The Morgan fingerprint density at radius 3 is 2.63 bits per heavy atom. The molecule has 2 aromatic carbocycles. The number of nitrogens with one attached hydrogen (secondary N) is 1. The van der Waals surface area contributed by atoms with Crippen LogP contribution in [0.25, 0.3) is 0 Å². The monoisotopic (exact) mass is 424 g/mol. The van der Waals surface area contributed by atoms with E-state index >= 15 is 0 Å². The fourth-order valence-electron chi connectivity index (χ4n) is 3.08. The standard InChI is InChI=1S/C23H28N4O2S/c1-5-27-21(14-29-20-13-17(4)11-12-19(20)16(2)3)25-26-23(27)30-15-22(28)24-18-9-7-6-8-10-18/h6-13,16H,5,14-15H2,1-4H3,(H,24,28). The number of hydrogen-bond donors (Lipinski definition) is 1. The van der Waals surface area contributed by atoms with Gasteiger partial charge in [-0.05, 0) is 49.1 Å². The first-order valence-corrected chi connectivity index (χ1v) is 11.1. The molecule has 30 heavy (non-hydrogen) atoms. The molecule has 1 heterocycles. The molecule has 0 bridgehead atoms. The van der Waals surface area contributed by atoms with Crippen molar-refractivity contribution in [3.63, 3.8) is 0 Å². The maximum absolute atomic E-state index is 12.2. The zero-order valence-corrected chi connectivity index (χ0v) is 18.7. The van der Waals surface area contributed by atoms with E-state index in [0.717, 1.165) is 22.8 Å². The van der Waals surface area contributed by atoms with Crippen molar-refractivity contribution in [2.75, 3.05) is 11.1 Å². The van der Waals surface area contributed by atoms with Crippen LogP contribution in [0.5, 0.6) is 5.75 Å². The van der Waals surface area contributed by atoms with E-state index in [-0.39, 0.29) is 11.7 Å². The molecule has 1 amide bonds. The average molecular weight is 425 g/mol. The smallest absolute Gasteiger partial charge is 0.234 e. The van der Waals surface area contributed by atoms with E-state index in [4.69, 9.17) is 4.74 Å². The van der Waals surface area contributed by atoms with Crippen LogP contribution in [-0.4, -0.2) is 26.4 Å². The van der Waals surface area contributed by atoms with E-state index in [1.54, 1.807) is 0 Å². The van der Waals surface area contributed by atoms with E-state index in [9.17, 15) is 4.79 Å². The van der Waals surface area contributed by atoms with Gasteiger partial charge in [0.1, 0.15) is 12.4 Å². The fourth-order valence-corrected chi connectivity index (χ4v) is 3.91. The first-order valence-electron chi connectivity index (χ1n) is 10.1. The summed E-state index contributed by atoms with van der Waals surface area (Å²) in [6, 6.07) is 15.7. The average Bonchev–Trinajstić information content (AvgIpc) is 3.13. The Labute approximate surface area is 182 Å². The molecule has 0 aliphatic rings. The van der Waals surface area contributed by atoms with Crippen LogP contribution in [0.2, 0.25) is 0 Å². The van der Waals surface area contributed by atoms with Gasteiger partial charge in [0.05, 0.1) is 5.75 Å². The summed E-state index contributed by atoms with van der Waals surface area (Å²) in [7, 11) is 0. The summed E-state index contributed by atoms with van der Waals surface area (Å²) in [6.45, 7) is 9.44. The van der Waals surface area contributed by atoms with Gasteiger partial charge < -0.3 is 14.6 Å². The molecule has 0 radical (unpaired) electrons. The lowest BCUT2D eigenvalue weighted by molar-refractivity contribution is -0.113. The van der Waals surface area contributed by atoms with Crippen LogP contribution in [0.3, 0.4) is 0 Å². The van der Waals surface area contributed by atoms with Crippen LogP contribution in [0, 0.1) is 6.92 Å². The van der Waals surface area contributed by atoms with Gasteiger partial charge in [0, 0.05) is 12.2 Å². The van der Waals surface area contributed by atoms with Crippen molar-refractivity contribution in [2.45, 2.75) is 51.9 Å². The number of para-hydroxylation sites is 1. The first-order chi connectivity index (χ1) is 14.5. The molecule has 7 heteroatoms. The molecule has 0 spiro atoms. The van der Waals surface area contributed by atoms with Gasteiger partial charge in [-0.2, -0.15) is 0 Å². The first kappa shape index (κ1) is 21.9. The zero-order valence-electron chi connectivity index (χ0n) is 17.9. The van der Waals surface area contributed by atoms with E-state index in [2.05, 4.69) is 54.5 Å². The van der Waals surface area contributed by atoms with Crippen molar-refractivity contribution in [3.8, 4) is 5.75 Å². The minimum absolute atomic E-state index is 0.0732. The number of aromatic nitrogens is 3. The molecule has 3 aromatic rings. The summed E-state index contributed by atoms with van der Waals surface area (Å²) in [6.07, 6.45) is 0. The van der Waals surface area contributed by atoms with Crippen LogP contribution >= 0.6 is 11.8 Å². The summed E-state index contributed by atoms with van der Waals surface area (Å²) >= 11 is 1.37. The van der Waals surface area contributed by atoms with E-state index < -0.39 is 0 Å². The predicted molar refractivity (Wildman–Crippen MR) is 121 cm³/mol. The molecule has 1 aromatic heterocycles. The minimum atomic E-state index is -0.0732. The van der Waals surface area contributed by atoms with E-state index in [0.29, 0.717) is 24.2 Å². The van der Waals surface area contributed by atoms with Gasteiger partial charge in [-0.1, -0.05) is 55.9 Å². The number of rotatable bonds is 9. The van der Waals surface area contributed by atoms with E-state index in [1.165, 1.54) is 17.3 Å². The van der Waals surface area contributed by atoms with Gasteiger partial charge in [0.15, 0.2) is 11.0 Å². The van der Waals surface area contributed by atoms with Gasteiger partial charge in [0.2, 0.25) is 5.91 Å². The molecule has 0 unspecified atom stereocenters. The number of aryl methyl sites for hydroxylation is 1. The lowest BCUT2D eigenvalue weighted by Crippen LogP contribution is -2.14. The number of amides is 1. The molecular formula is C23H28N4O2S. The maximum atomic E-state index is 12.2. The van der Waals surface area contributed by atoms with Crippen molar-refractivity contribution in [1.29, 1.82) is 0 Å². The minimum Gasteiger partial charge on any atom is -0.485 e. The molecule has 0 saturated heterocycles. The second-order valence-corrected chi connectivity index (χ2v) is 8.27. The van der Waals surface area contributed by atoms with Gasteiger partial charge >= 0.3 is 0 Å². The van der Waals surface area contributed by atoms with Crippen LogP contribution in [0.4, 0.5) is 5.69 Å². The molecule has 158 valence electrons. The largest absolute Gasteiger partial charge is 0.485 e. The summed E-state index contributed by atoms with van der Waals surface area (Å²) < 4.78 is 8.11. The molecule has 0 aliphatic carbocycles. The molecule has 6 nitrogen and oxygen atoms in total. The Kier molecular flexibility index (Phi) is 7.52. The molecule has 0 fully saturated rings. The molecule has 0 aliphatic heterocycles. The number of carbonyl (C=O) groups is 1. The third-order valence-electron chi connectivity index (χ3n) is 4.65. The number of thioether (sulfide) groups is 1. The molecule has 0 saturated carbocycles. The topological polar surface area (TPSA) is 69.0 Å². The van der Waals surface area contributed by atoms with Gasteiger partial charge in [-0.3, -0.25) is 4.79 Å². The second kappa shape index (κ2) is 10.3. The summed E-state index contributed by atoms with van der Waals surface area (Å²) in [5.41, 5.74) is 3.12. The normalized spacial score (nSPS) is 11.0. The quantitative estimate of drug-likeness (QED) is 0.487. The summed E-state index contributed by atoms with van der Waals surface area (Å²) in [4.78, 5) is 12.2. The van der Waals surface area contributed by atoms with Gasteiger partial charge in [-0.15, -0.1) is 10.2 Å². The van der Waals surface area contributed by atoms with E-state index in [1.807, 2.05) is 41.8 Å². The molecular weight excluding hydrogens is 396 g/mol. The SMILES string of the molecule is CCn1c(COc2cc(C)ccc2C(C)C)nnc1SCC(=O)Nc1ccccc1. The molecule has 0 atom stereocenters. The van der Waals surface area contributed by atoms with Gasteiger partial charge in [-0.25, -0.2) is 0 Å². The number of ether oxygens (including phenoxy) is 1. The Morgan fingerprint density at radius 2 is 1.93 bits per heavy atom. The van der Waals surface area contributed by atoms with Crippen LogP contribution in [0.15, 0.2) is 53.7 Å². The number of anilines is 1. The number of benzene rings is 2. The predicted octanol–water partition coefficient (Wildman–Crippen LogP) is 5.04. The van der Waals surface area contributed by atoms with Crippen LogP contribution in [0.1, 0.15) is 43.6 Å². The van der Waals surface area contributed by atoms with Crippen molar-refractivity contribution >= 4 is 23.4 Å². The number of carbonyl (C=O) groups excluding carboxylic acids is 1. The van der Waals surface area contributed by atoms with Crippen molar-refractivity contribution in [3.05, 3.63) is 65.5 Å². The molecule has 3 rings (SSSR count). The third kappa shape index (κ3) is 5.63. The van der Waals surface area contributed by atoms with Crippen molar-refractivity contribution in [2.24, 2.45) is 0 Å². The number of nitrogens with zero attached hydrogens (tertiary/aromatic N) is 3. The Morgan fingerprint density at radius 1 is 1.17 bits per heavy atom. The number of hydrogen-bond acceptors (Lipinski definition) is 5. The summed E-state index contributed by atoms with van der Waals surface area (Å²) in [5, 5.41) is 12.2. The highest BCUT2D eigenvalue weighted by molar-refractivity contribution is 7.99. The Hall–Kier alpha value is -2.80. The Bertz CT molecular complexity index is 986. The van der Waals surface area contributed by atoms with Gasteiger partial charge in [0.25, 0.3) is 0 Å². The lowest BCUT2D eigenvalue weighted by atomic mass is 10.0. The lowest BCUT2D eigenvalue weighted by Gasteiger charge is -2.15. The molecule has 1 N–H and O–H groups in total.